The molecule has 3 rings (SSSR count). The first-order valence-corrected chi connectivity index (χ1v) is 9.12. The number of amides is 2. The Hall–Kier alpha value is -2.00. The highest BCUT2D eigenvalue weighted by Crippen LogP contribution is 2.20. The maximum absolute atomic E-state index is 12.6. The van der Waals surface area contributed by atoms with Gasteiger partial charge >= 0.3 is 0 Å². The maximum Gasteiger partial charge on any atom is 0.257 e. The van der Waals surface area contributed by atoms with Gasteiger partial charge in [-0.2, -0.15) is 0 Å². The molecule has 1 aromatic carbocycles. The lowest BCUT2D eigenvalue weighted by atomic mass is 10.1. The van der Waals surface area contributed by atoms with Gasteiger partial charge in [0.25, 0.3) is 11.8 Å². The van der Waals surface area contributed by atoms with Crippen molar-refractivity contribution in [3.8, 4) is 0 Å². The fourth-order valence-electron chi connectivity index (χ4n) is 2.61. The number of ether oxygens (including phenoxy) is 1. The van der Waals surface area contributed by atoms with Crippen LogP contribution in [0, 0.1) is 3.57 Å². The van der Waals surface area contributed by atoms with Crippen LogP contribution in [-0.2, 0) is 4.74 Å². The molecule has 2 N–H and O–H groups in total. The predicted molar refractivity (Wildman–Crippen MR) is 103 cm³/mol. The summed E-state index contributed by atoms with van der Waals surface area (Å²) in [5.74, 6) is -0.530. The van der Waals surface area contributed by atoms with Crippen LogP contribution in [0.5, 0.6) is 0 Å². The van der Waals surface area contributed by atoms with Crippen molar-refractivity contribution in [3.63, 3.8) is 0 Å². The van der Waals surface area contributed by atoms with Gasteiger partial charge < -0.3 is 15.4 Å². The van der Waals surface area contributed by atoms with Crippen LogP contribution < -0.4 is 10.6 Å². The van der Waals surface area contributed by atoms with Crippen molar-refractivity contribution in [2.24, 2.45) is 0 Å². The zero-order valence-electron chi connectivity index (χ0n) is 13.5. The van der Waals surface area contributed by atoms with Gasteiger partial charge in [0.2, 0.25) is 0 Å². The van der Waals surface area contributed by atoms with Crippen molar-refractivity contribution in [1.29, 1.82) is 0 Å². The molecule has 1 aromatic heterocycles. The van der Waals surface area contributed by atoms with Gasteiger partial charge in [0.05, 0.1) is 22.9 Å². The summed E-state index contributed by atoms with van der Waals surface area (Å²) >= 11 is 2.14. The van der Waals surface area contributed by atoms with Crippen LogP contribution in [0.4, 0.5) is 5.69 Å². The third-order valence-electron chi connectivity index (χ3n) is 3.91. The number of pyridine rings is 1. The minimum absolute atomic E-state index is 0.0696. The Morgan fingerprint density at radius 1 is 1.28 bits per heavy atom. The molecule has 130 valence electrons. The van der Waals surface area contributed by atoms with E-state index >= 15 is 0 Å². The second-order valence-electron chi connectivity index (χ2n) is 5.73. The van der Waals surface area contributed by atoms with E-state index in [1.54, 1.807) is 30.5 Å². The van der Waals surface area contributed by atoms with Crippen LogP contribution in [0.2, 0.25) is 0 Å². The quantitative estimate of drug-likeness (QED) is 0.686. The lowest BCUT2D eigenvalue weighted by molar-refractivity contribution is 0.0858. The fourth-order valence-corrected chi connectivity index (χ4v) is 3.10. The molecule has 1 fully saturated rings. The Kier molecular flexibility index (Phi) is 5.98. The van der Waals surface area contributed by atoms with E-state index in [4.69, 9.17) is 4.74 Å². The van der Waals surface area contributed by atoms with Gasteiger partial charge in [0.1, 0.15) is 0 Å². The molecule has 7 heteroatoms. The lowest BCUT2D eigenvalue weighted by Crippen LogP contribution is -2.32. The summed E-state index contributed by atoms with van der Waals surface area (Å²) in [5, 5.41) is 5.68. The summed E-state index contributed by atoms with van der Waals surface area (Å²) in [4.78, 5) is 28.8. The Labute approximate surface area is 159 Å². The zero-order chi connectivity index (χ0) is 17.6. The van der Waals surface area contributed by atoms with Crippen molar-refractivity contribution >= 4 is 40.1 Å². The van der Waals surface area contributed by atoms with Gasteiger partial charge in [-0.15, -0.1) is 0 Å². The second kappa shape index (κ2) is 8.39. The molecular formula is C18H18IN3O3. The first kappa shape index (κ1) is 17.8. The van der Waals surface area contributed by atoms with Crippen LogP contribution in [0.25, 0.3) is 0 Å². The maximum atomic E-state index is 12.6. The second-order valence-corrected chi connectivity index (χ2v) is 6.98. The van der Waals surface area contributed by atoms with Crippen molar-refractivity contribution < 1.29 is 14.3 Å². The smallest absolute Gasteiger partial charge is 0.257 e. The molecule has 2 amide bonds. The molecule has 0 bridgehead atoms. The predicted octanol–water partition coefficient (Wildman–Crippen LogP) is 2.85. The molecule has 0 aliphatic carbocycles. The number of carbonyl (C=O) groups excluding carboxylic acids is 2. The van der Waals surface area contributed by atoms with E-state index in [2.05, 4.69) is 38.2 Å². The number of hydrogen-bond donors (Lipinski definition) is 2. The SMILES string of the molecule is O=C(Nc1ccc(I)cc1C(=O)NC[C@@H]1CCCO1)c1cccnc1. The topological polar surface area (TPSA) is 80.3 Å². The molecule has 0 saturated carbocycles. The van der Waals surface area contributed by atoms with Crippen LogP contribution in [0.1, 0.15) is 33.6 Å². The molecule has 0 unspecified atom stereocenters. The van der Waals surface area contributed by atoms with Gasteiger partial charge in [-0.05, 0) is 65.8 Å². The van der Waals surface area contributed by atoms with Gasteiger partial charge in [0.15, 0.2) is 0 Å². The number of aromatic nitrogens is 1. The Morgan fingerprint density at radius 3 is 2.88 bits per heavy atom. The number of hydrogen-bond acceptors (Lipinski definition) is 4. The van der Waals surface area contributed by atoms with E-state index in [1.807, 2.05) is 6.07 Å². The average molecular weight is 451 g/mol. The van der Waals surface area contributed by atoms with Crippen LogP contribution >= 0.6 is 22.6 Å². The van der Waals surface area contributed by atoms with E-state index in [0.717, 1.165) is 23.0 Å². The zero-order valence-corrected chi connectivity index (χ0v) is 15.7. The van der Waals surface area contributed by atoms with Gasteiger partial charge in [-0.1, -0.05) is 0 Å². The van der Waals surface area contributed by atoms with Crippen LogP contribution in [-0.4, -0.2) is 36.1 Å². The monoisotopic (exact) mass is 451 g/mol. The molecular weight excluding hydrogens is 433 g/mol. The Balaban J connectivity index is 1.73. The van der Waals surface area contributed by atoms with E-state index in [1.165, 1.54) is 6.20 Å². The van der Waals surface area contributed by atoms with E-state index in [0.29, 0.717) is 23.4 Å². The highest BCUT2D eigenvalue weighted by molar-refractivity contribution is 14.1. The number of nitrogens with zero attached hydrogens (tertiary/aromatic N) is 1. The summed E-state index contributed by atoms with van der Waals surface area (Å²) in [7, 11) is 0. The minimum atomic E-state index is -0.303. The van der Waals surface area contributed by atoms with Gasteiger partial charge in [-0.25, -0.2) is 0 Å². The molecule has 0 radical (unpaired) electrons. The van der Waals surface area contributed by atoms with Crippen molar-refractivity contribution in [1.82, 2.24) is 10.3 Å². The van der Waals surface area contributed by atoms with Crippen LogP contribution in [0.15, 0.2) is 42.7 Å². The summed E-state index contributed by atoms with van der Waals surface area (Å²) in [6, 6.07) is 8.70. The van der Waals surface area contributed by atoms with Crippen LogP contribution in [0.3, 0.4) is 0 Å². The molecule has 2 aromatic rings. The van der Waals surface area contributed by atoms with Crippen molar-refractivity contribution in [2.45, 2.75) is 18.9 Å². The molecule has 25 heavy (non-hydrogen) atoms. The summed E-state index contributed by atoms with van der Waals surface area (Å²) in [5.41, 5.74) is 1.34. The fraction of sp³-hybridized carbons (Fsp3) is 0.278. The summed E-state index contributed by atoms with van der Waals surface area (Å²) in [6.07, 6.45) is 5.14. The van der Waals surface area contributed by atoms with E-state index in [-0.39, 0.29) is 17.9 Å². The molecule has 1 aliphatic heterocycles. The largest absolute Gasteiger partial charge is 0.376 e. The first-order chi connectivity index (χ1) is 12.1. The van der Waals surface area contributed by atoms with Gasteiger partial charge in [-0.3, -0.25) is 14.6 Å². The first-order valence-electron chi connectivity index (χ1n) is 8.04. The normalized spacial score (nSPS) is 16.4. The van der Waals surface area contributed by atoms with Crippen molar-refractivity contribution in [2.75, 3.05) is 18.5 Å². The minimum Gasteiger partial charge on any atom is -0.376 e. The number of benzene rings is 1. The number of halogens is 1. The highest BCUT2D eigenvalue weighted by atomic mass is 127. The summed E-state index contributed by atoms with van der Waals surface area (Å²) < 4.78 is 6.44. The van der Waals surface area contributed by atoms with E-state index in [9.17, 15) is 9.59 Å². The molecule has 2 heterocycles. The lowest BCUT2D eigenvalue weighted by Gasteiger charge is -2.14. The highest BCUT2D eigenvalue weighted by Gasteiger charge is 2.19. The number of anilines is 1. The molecule has 1 atom stereocenters. The number of rotatable bonds is 5. The Morgan fingerprint density at radius 2 is 2.16 bits per heavy atom. The summed E-state index contributed by atoms with van der Waals surface area (Å²) in [6.45, 7) is 1.22. The number of nitrogens with one attached hydrogen (secondary N) is 2. The molecule has 6 nitrogen and oxygen atoms in total. The standard InChI is InChI=1S/C18H18IN3O3/c19-13-5-6-16(22-17(23)12-3-1-7-20-10-12)15(9-13)18(24)21-11-14-4-2-8-25-14/h1,3,5-7,9-10,14H,2,4,8,11H2,(H,21,24)(H,22,23)/t14-/m0/s1. The van der Waals surface area contributed by atoms with E-state index < -0.39 is 0 Å². The number of carbonyl (C=O) groups is 2. The Bertz CT molecular complexity index is 761. The molecule has 0 spiro atoms. The third kappa shape index (κ3) is 4.76. The third-order valence-corrected chi connectivity index (χ3v) is 4.58. The molecule has 1 aliphatic rings. The van der Waals surface area contributed by atoms with Crippen molar-refractivity contribution in [3.05, 3.63) is 57.4 Å². The van der Waals surface area contributed by atoms with Gasteiger partial charge in [0, 0.05) is 29.1 Å². The average Bonchev–Trinajstić information content (AvgIpc) is 3.15. The molecule has 1 saturated heterocycles.